The van der Waals surface area contributed by atoms with E-state index in [1.54, 1.807) is 44.4 Å². The van der Waals surface area contributed by atoms with Gasteiger partial charge in [0, 0.05) is 45.2 Å². The van der Waals surface area contributed by atoms with Gasteiger partial charge in [0.2, 0.25) is 11.8 Å². The first kappa shape index (κ1) is 24.4. The number of benzene rings is 1. The first-order valence-corrected chi connectivity index (χ1v) is 11.7. The Balaban J connectivity index is 1.49. The molecule has 0 aliphatic carbocycles. The van der Waals surface area contributed by atoms with Gasteiger partial charge >= 0.3 is 0 Å². The van der Waals surface area contributed by atoms with Crippen molar-refractivity contribution in [3.63, 3.8) is 0 Å². The molecule has 0 atom stereocenters. The van der Waals surface area contributed by atoms with E-state index in [1.165, 1.54) is 15.8 Å². The van der Waals surface area contributed by atoms with Crippen molar-refractivity contribution in [2.45, 2.75) is 38.8 Å². The molecule has 1 fully saturated rings. The van der Waals surface area contributed by atoms with E-state index in [1.807, 2.05) is 11.0 Å². The minimum absolute atomic E-state index is 0.0684. The maximum absolute atomic E-state index is 13.2. The van der Waals surface area contributed by atoms with Crippen LogP contribution in [0, 0.1) is 11.3 Å². The van der Waals surface area contributed by atoms with Crippen LogP contribution in [-0.4, -0.2) is 56.3 Å². The van der Waals surface area contributed by atoms with Gasteiger partial charge in [-0.25, -0.2) is 4.98 Å². The second-order valence-electron chi connectivity index (χ2n) is 8.76. The zero-order valence-electron chi connectivity index (χ0n) is 19.6. The number of aromatic nitrogens is 3. The number of nitrogens with zero attached hydrogens (tertiary/aromatic N) is 6. The van der Waals surface area contributed by atoms with E-state index in [4.69, 9.17) is 16.9 Å². The zero-order chi connectivity index (χ0) is 25.1. The Hall–Kier alpha value is -3.77. The quantitative estimate of drug-likeness (QED) is 0.541. The monoisotopic (exact) mass is 492 g/mol. The SMILES string of the molecule is CC(=O)N1CCC(c2cc3c(=O)n(CC(=O)N(C)Cc4ccc(C#N)c(Cl)c4)cnc3cn2)CC1. The molecule has 0 bridgehead atoms. The summed E-state index contributed by atoms with van der Waals surface area (Å²) in [5.74, 6) is -0.0337. The van der Waals surface area contributed by atoms with Crippen molar-refractivity contribution < 1.29 is 9.59 Å². The lowest BCUT2D eigenvalue weighted by Gasteiger charge is -2.31. The summed E-state index contributed by atoms with van der Waals surface area (Å²) in [4.78, 5) is 49.7. The number of pyridine rings is 1. The molecule has 1 aromatic carbocycles. The molecule has 3 heterocycles. The van der Waals surface area contributed by atoms with Crippen LogP contribution in [-0.2, 0) is 22.7 Å². The molecule has 0 N–H and O–H groups in total. The van der Waals surface area contributed by atoms with Gasteiger partial charge in [0.15, 0.2) is 0 Å². The van der Waals surface area contributed by atoms with E-state index in [0.717, 1.165) is 24.1 Å². The lowest BCUT2D eigenvalue weighted by Crippen LogP contribution is -2.36. The number of nitriles is 1. The minimum Gasteiger partial charge on any atom is -0.343 e. The van der Waals surface area contributed by atoms with E-state index in [-0.39, 0.29) is 36.4 Å². The first-order valence-electron chi connectivity index (χ1n) is 11.3. The summed E-state index contributed by atoms with van der Waals surface area (Å²) in [5.41, 5.74) is 2.13. The third-order valence-electron chi connectivity index (χ3n) is 6.40. The molecule has 1 aliphatic heterocycles. The second-order valence-corrected chi connectivity index (χ2v) is 9.17. The third kappa shape index (κ3) is 5.33. The maximum atomic E-state index is 13.2. The first-order chi connectivity index (χ1) is 16.8. The van der Waals surface area contributed by atoms with Gasteiger partial charge in [-0.05, 0) is 36.6 Å². The number of rotatable bonds is 5. The topological polar surface area (TPSA) is 112 Å². The molecule has 0 saturated carbocycles. The second kappa shape index (κ2) is 10.2. The molecule has 2 aromatic heterocycles. The van der Waals surface area contributed by atoms with Crippen LogP contribution in [0.1, 0.15) is 42.5 Å². The van der Waals surface area contributed by atoms with E-state index in [0.29, 0.717) is 34.6 Å². The maximum Gasteiger partial charge on any atom is 0.261 e. The number of likely N-dealkylation sites (N-methyl/N-ethyl adjacent to an activating group) is 1. The molecule has 1 aliphatic rings. The number of halogens is 1. The number of hydrogen-bond donors (Lipinski definition) is 0. The smallest absolute Gasteiger partial charge is 0.261 e. The van der Waals surface area contributed by atoms with Gasteiger partial charge in [0.05, 0.1) is 34.0 Å². The summed E-state index contributed by atoms with van der Waals surface area (Å²) in [6.07, 6.45) is 4.53. The molecule has 2 amide bonds. The molecule has 0 spiro atoms. The van der Waals surface area contributed by atoms with Crippen LogP contribution in [0.2, 0.25) is 5.02 Å². The molecular weight excluding hydrogens is 468 g/mol. The molecule has 10 heteroatoms. The minimum atomic E-state index is -0.303. The number of amides is 2. The molecule has 1 saturated heterocycles. The van der Waals surface area contributed by atoms with Crippen LogP contribution in [0.15, 0.2) is 41.6 Å². The fraction of sp³-hybridized carbons (Fsp3) is 0.360. The Morgan fingerprint density at radius 2 is 1.97 bits per heavy atom. The molecule has 0 radical (unpaired) electrons. The van der Waals surface area contributed by atoms with Crippen molar-refractivity contribution in [3.8, 4) is 6.07 Å². The molecule has 4 rings (SSSR count). The fourth-order valence-electron chi connectivity index (χ4n) is 4.28. The Morgan fingerprint density at radius 3 is 2.63 bits per heavy atom. The molecule has 3 aromatic rings. The van der Waals surface area contributed by atoms with Crippen LogP contribution >= 0.6 is 11.6 Å². The number of carbonyl (C=O) groups is 2. The summed E-state index contributed by atoms with van der Waals surface area (Å²) in [7, 11) is 1.64. The Bertz CT molecular complexity index is 1390. The predicted molar refractivity (Wildman–Crippen MR) is 131 cm³/mol. The van der Waals surface area contributed by atoms with E-state index >= 15 is 0 Å². The van der Waals surface area contributed by atoms with Crippen molar-refractivity contribution in [3.05, 3.63) is 69.0 Å². The fourth-order valence-corrected chi connectivity index (χ4v) is 4.53. The summed E-state index contributed by atoms with van der Waals surface area (Å²) < 4.78 is 1.30. The van der Waals surface area contributed by atoms with Crippen LogP contribution in [0.4, 0.5) is 0 Å². The highest BCUT2D eigenvalue weighted by atomic mass is 35.5. The van der Waals surface area contributed by atoms with Crippen LogP contribution in [0.5, 0.6) is 0 Å². The Morgan fingerprint density at radius 1 is 1.23 bits per heavy atom. The molecular formula is C25H25ClN6O3. The summed E-state index contributed by atoms with van der Waals surface area (Å²) in [6, 6.07) is 8.79. The highest BCUT2D eigenvalue weighted by Gasteiger charge is 2.23. The van der Waals surface area contributed by atoms with E-state index in [9.17, 15) is 14.4 Å². The van der Waals surface area contributed by atoms with Crippen molar-refractivity contribution >= 4 is 34.3 Å². The van der Waals surface area contributed by atoms with Crippen LogP contribution < -0.4 is 5.56 Å². The largest absolute Gasteiger partial charge is 0.343 e. The van der Waals surface area contributed by atoms with Gasteiger partial charge in [0.1, 0.15) is 12.6 Å². The van der Waals surface area contributed by atoms with E-state index in [2.05, 4.69) is 9.97 Å². The van der Waals surface area contributed by atoms with Gasteiger partial charge < -0.3 is 9.80 Å². The average Bonchev–Trinajstić information content (AvgIpc) is 2.85. The lowest BCUT2D eigenvalue weighted by atomic mass is 9.92. The van der Waals surface area contributed by atoms with Crippen molar-refractivity contribution in [1.82, 2.24) is 24.3 Å². The third-order valence-corrected chi connectivity index (χ3v) is 6.71. The summed E-state index contributed by atoms with van der Waals surface area (Å²) in [5, 5.41) is 9.76. The van der Waals surface area contributed by atoms with Gasteiger partial charge in [0.25, 0.3) is 5.56 Å². The van der Waals surface area contributed by atoms with Crippen molar-refractivity contribution in [2.24, 2.45) is 0 Å². The van der Waals surface area contributed by atoms with Gasteiger partial charge in [-0.1, -0.05) is 17.7 Å². The number of likely N-dealkylation sites (tertiary alicyclic amines) is 1. The number of piperidine rings is 1. The standard InChI is InChI=1S/C25H25ClN6O3/c1-16(33)31-7-5-18(6-8-31)22-10-20-23(12-28-22)29-15-32(25(20)35)14-24(34)30(2)13-17-3-4-19(11-27)21(26)9-17/h3-4,9-10,12,15,18H,5-8,13-14H2,1-2H3. The zero-order valence-corrected chi connectivity index (χ0v) is 20.3. The molecule has 35 heavy (non-hydrogen) atoms. The predicted octanol–water partition coefficient (Wildman–Crippen LogP) is 2.70. The van der Waals surface area contributed by atoms with Crippen molar-refractivity contribution in [1.29, 1.82) is 5.26 Å². The average molecular weight is 493 g/mol. The van der Waals surface area contributed by atoms with Gasteiger partial charge in [-0.15, -0.1) is 0 Å². The lowest BCUT2D eigenvalue weighted by molar-refractivity contribution is -0.131. The van der Waals surface area contributed by atoms with E-state index < -0.39 is 0 Å². The molecule has 0 unspecified atom stereocenters. The normalized spacial score (nSPS) is 14.1. The Kier molecular flexibility index (Phi) is 7.12. The summed E-state index contributed by atoms with van der Waals surface area (Å²) >= 11 is 6.09. The Labute approximate surface area is 207 Å². The van der Waals surface area contributed by atoms with Crippen molar-refractivity contribution in [2.75, 3.05) is 20.1 Å². The molecule has 9 nitrogen and oxygen atoms in total. The number of hydrogen-bond acceptors (Lipinski definition) is 6. The number of carbonyl (C=O) groups excluding carboxylic acids is 2. The van der Waals surface area contributed by atoms with Gasteiger partial charge in [-0.2, -0.15) is 5.26 Å². The van der Waals surface area contributed by atoms with Crippen LogP contribution in [0.3, 0.4) is 0 Å². The molecule has 180 valence electrons. The highest BCUT2D eigenvalue weighted by Crippen LogP contribution is 2.27. The highest BCUT2D eigenvalue weighted by molar-refractivity contribution is 6.31. The number of fused-ring (bicyclic) bond motifs is 1. The summed E-state index contributed by atoms with van der Waals surface area (Å²) in [6.45, 7) is 3.04. The van der Waals surface area contributed by atoms with Gasteiger partial charge in [-0.3, -0.25) is 23.9 Å². The van der Waals surface area contributed by atoms with Crippen LogP contribution in [0.25, 0.3) is 10.9 Å².